The van der Waals surface area contributed by atoms with Gasteiger partial charge >= 0.3 is 0 Å². The molecule has 1 aliphatic rings. The van der Waals surface area contributed by atoms with Gasteiger partial charge in [0, 0.05) is 26.2 Å². The Morgan fingerprint density at radius 1 is 0.957 bits per heavy atom. The summed E-state index contributed by atoms with van der Waals surface area (Å²) >= 11 is 0. The first-order valence-electron chi connectivity index (χ1n) is 7.67. The van der Waals surface area contributed by atoms with Crippen molar-refractivity contribution in [2.75, 3.05) is 36.4 Å². The molecule has 0 saturated carbocycles. The zero-order valence-electron chi connectivity index (χ0n) is 12.6. The highest BCUT2D eigenvalue weighted by Crippen LogP contribution is 2.18. The lowest BCUT2D eigenvalue weighted by Crippen LogP contribution is -2.43. The number of piperazine rings is 1. The van der Waals surface area contributed by atoms with Crippen LogP contribution in [0.2, 0.25) is 0 Å². The highest BCUT2D eigenvalue weighted by atomic mass is 15.3. The average molecular weight is 307 g/mol. The summed E-state index contributed by atoms with van der Waals surface area (Å²) in [6.07, 6.45) is 1.88. The van der Waals surface area contributed by atoms with Gasteiger partial charge < -0.3 is 15.5 Å². The number of hydrogen-bond acceptors (Lipinski definition) is 7. The zero-order chi connectivity index (χ0) is 15.5. The molecule has 7 heteroatoms. The van der Waals surface area contributed by atoms with E-state index in [4.69, 9.17) is 0 Å². The largest absolute Gasteiger partial charge is 0.368 e. The molecule has 1 saturated heterocycles. The molecule has 2 N–H and O–H groups in total. The molecule has 0 bridgehead atoms. The predicted octanol–water partition coefficient (Wildman–Crippen LogP) is 1.57. The van der Waals surface area contributed by atoms with E-state index in [1.807, 2.05) is 36.5 Å². The first-order chi connectivity index (χ1) is 11.4. The molecule has 2 aromatic heterocycles. The van der Waals surface area contributed by atoms with E-state index in [0.717, 1.165) is 42.9 Å². The topological polar surface area (TPSA) is 78.9 Å². The minimum absolute atomic E-state index is 0.450. The Labute approximate surface area is 133 Å². The summed E-state index contributed by atoms with van der Waals surface area (Å²) in [7, 11) is 0. The second-order valence-electron chi connectivity index (χ2n) is 5.39. The van der Waals surface area contributed by atoms with E-state index in [9.17, 15) is 0 Å². The highest BCUT2D eigenvalue weighted by molar-refractivity contribution is 5.74. The van der Waals surface area contributed by atoms with Gasteiger partial charge in [0.1, 0.15) is 11.3 Å². The Kier molecular flexibility index (Phi) is 3.69. The average Bonchev–Trinajstić information content (AvgIpc) is 2.63. The summed E-state index contributed by atoms with van der Waals surface area (Å²) in [5.74, 6) is 1.16. The van der Waals surface area contributed by atoms with Gasteiger partial charge in [-0.3, -0.25) is 0 Å². The second kappa shape index (κ2) is 6.13. The normalized spacial score (nSPS) is 14.9. The van der Waals surface area contributed by atoms with Gasteiger partial charge in [0.15, 0.2) is 0 Å². The molecular formula is C16H17N7. The molecule has 4 rings (SSSR count). The molecule has 0 unspecified atom stereocenters. The van der Waals surface area contributed by atoms with Crippen LogP contribution >= 0.6 is 0 Å². The maximum atomic E-state index is 4.45. The smallest absolute Gasteiger partial charge is 0.248 e. The maximum absolute atomic E-state index is 4.45. The van der Waals surface area contributed by atoms with Crippen LogP contribution in [-0.4, -0.2) is 46.3 Å². The molecular weight excluding hydrogens is 290 g/mol. The number of nitrogens with zero attached hydrogens (tertiary/aromatic N) is 5. The summed E-state index contributed by atoms with van der Waals surface area (Å²) in [6.45, 7) is 4.03. The second-order valence-corrected chi connectivity index (χ2v) is 5.39. The van der Waals surface area contributed by atoms with Crippen molar-refractivity contribution in [1.29, 1.82) is 0 Å². The molecule has 23 heavy (non-hydrogen) atoms. The zero-order valence-corrected chi connectivity index (χ0v) is 12.6. The molecule has 0 radical (unpaired) electrons. The van der Waals surface area contributed by atoms with Gasteiger partial charge in [-0.25, -0.2) is 9.97 Å². The van der Waals surface area contributed by atoms with Crippen molar-refractivity contribution in [3.63, 3.8) is 0 Å². The molecule has 0 aliphatic carbocycles. The van der Waals surface area contributed by atoms with Crippen molar-refractivity contribution in [2.24, 2.45) is 0 Å². The Morgan fingerprint density at radius 3 is 2.57 bits per heavy atom. The Bertz CT molecular complexity index is 797. The van der Waals surface area contributed by atoms with E-state index >= 15 is 0 Å². The van der Waals surface area contributed by atoms with Crippen LogP contribution in [0.15, 0.2) is 42.6 Å². The fourth-order valence-corrected chi connectivity index (χ4v) is 2.62. The standard InChI is InChI=1S/C16H17N7/c1-2-4-14-13(3-1)19-16(22-21-14)20-15-6-5-12(11-18-15)23-9-7-17-8-10-23/h1-6,11,17H,7-10H2,(H,18,19,20,22). The molecule has 3 heterocycles. The first kappa shape index (κ1) is 13.8. The van der Waals surface area contributed by atoms with Gasteiger partial charge in [0.2, 0.25) is 5.95 Å². The fourth-order valence-electron chi connectivity index (χ4n) is 2.62. The number of benzene rings is 1. The third kappa shape index (κ3) is 3.04. The van der Waals surface area contributed by atoms with Crippen LogP contribution in [0.1, 0.15) is 0 Å². The first-order valence-corrected chi connectivity index (χ1v) is 7.67. The number of anilines is 3. The summed E-state index contributed by atoms with van der Waals surface area (Å²) < 4.78 is 0. The van der Waals surface area contributed by atoms with E-state index < -0.39 is 0 Å². The lowest BCUT2D eigenvalue weighted by Gasteiger charge is -2.29. The monoisotopic (exact) mass is 307 g/mol. The van der Waals surface area contributed by atoms with Gasteiger partial charge in [0.25, 0.3) is 0 Å². The summed E-state index contributed by atoms with van der Waals surface area (Å²) in [4.78, 5) is 11.2. The lowest BCUT2D eigenvalue weighted by molar-refractivity contribution is 0.589. The van der Waals surface area contributed by atoms with Gasteiger partial charge in [-0.05, 0) is 24.3 Å². The molecule has 0 amide bonds. The van der Waals surface area contributed by atoms with E-state index in [1.165, 1.54) is 0 Å². The Hall–Kier alpha value is -2.80. The van der Waals surface area contributed by atoms with Crippen LogP contribution in [0.25, 0.3) is 11.0 Å². The van der Waals surface area contributed by atoms with Crippen molar-refractivity contribution >= 4 is 28.5 Å². The third-order valence-electron chi connectivity index (χ3n) is 3.83. The molecule has 0 atom stereocenters. The molecule has 1 fully saturated rings. The number of para-hydroxylation sites is 1. The maximum Gasteiger partial charge on any atom is 0.248 e. The van der Waals surface area contributed by atoms with Crippen molar-refractivity contribution < 1.29 is 0 Å². The molecule has 3 aromatic rings. The molecule has 7 nitrogen and oxygen atoms in total. The number of nitrogens with one attached hydrogen (secondary N) is 2. The van der Waals surface area contributed by atoms with Crippen molar-refractivity contribution in [3.05, 3.63) is 42.6 Å². The SMILES string of the molecule is c1ccc2nc(Nc3ccc(N4CCNCC4)cn3)nnc2c1. The van der Waals surface area contributed by atoms with Gasteiger partial charge in [-0.2, -0.15) is 0 Å². The van der Waals surface area contributed by atoms with E-state index in [2.05, 4.69) is 41.8 Å². The number of hydrogen-bond donors (Lipinski definition) is 2. The predicted molar refractivity (Wildman–Crippen MR) is 89.9 cm³/mol. The van der Waals surface area contributed by atoms with Crippen LogP contribution in [-0.2, 0) is 0 Å². The number of rotatable bonds is 3. The number of fused-ring (bicyclic) bond motifs is 1. The quantitative estimate of drug-likeness (QED) is 0.760. The van der Waals surface area contributed by atoms with Crippen molar-refractivity contribution in [1.82, 2.24) is 25.5 Å². The summed E-state index contributed by atoms with van der Waals surface area (Å²) in [5.41, 5.74) is 2.72. The molecule has 0 spiro atoms. The van der Waals surface area contributed by atoms with E-state index in [-0.39, 0.29) is 0 Å². The summed E-state index contributed by atoms with van der Waals surface area (Å²) in [5, 5.41) is 14.7. The molecule has 1 aliphatic heterocycles. The van der Waals surface area contributed by atoms with Gasteiger partial charge in [-0.1, -0.05) is 12.1 Å². The highest BCUT2D eigenvalue weighted by Gasteiger charge is 2.10. The van der Waals surface area contributed by atoms with Crippen LogP contribution in [0.5, 0.6) is 0 Å². The fraction of sp³-hybridized carbons (Fsp3) is 0.250. The summed E-state index contributed by atoms with van der Waals surface area (Å²) in [6, 6.07) is 11.7. The minimum Gasteiger partial charge on any atom is -0.368 e. The van der Waals surface area contributed by atoms with E-state index in [0.29, 0.717) is 11.8 Å². The van der Waals surface area contributed by atoms with Crippen LogP contribution < -0.4 is 15.5 Å². The van der Waals surface area contributed by atoms with Crippen LogP contribution in [0, 0.1) is 0 Å². The Balaban J connectivity index is 1.51. The lowest BCUT2D eigenvalue weighted by atomic mass is 10.3. The minimum atomic E-state index is 0.450. The van der Waals surface area contributed by atoms with Gasteiger partial charge in [0.05, 0.1) is 17.4 Å². The van der Waals surface area contributed by atoms with Crippen LogP contribution in [0.4, 0.5) is 17.5 Å². The number of pyridine rings is 1. The van der Waals surface area contributed by atoms with Gasteiger partial charge in [-0.15, -0.1) is 10.2 Å². The van der Waals surface area contributed by atoms with E-state index in [1.54, 1.807) is 0 Å². The van der Waals surface area contributed by atoms with Crippen molar-refractivity contribution in [2.45, 2.75) is 0 Å². The molecule has 116 valence electrons. The Morgan fingerprint density at radius 2 is 1.78 bits per heavy atom. The van der Waals surface area contributed by atoms with Crippen molar-refractivity contribution in [3.8, 4) is 0 Å². The molecule has 1 aromatic carbocycles. The number of aromatic nitrogens is 4. The van der Waals surface area contributed by atoms with Crippen LogP contribution in [0.3, 0.4) is 0 Å². The third-order valence-corrected chi connectivity index (χ3v) is 3.83.